The molecular formula is C62H51N3S. The summed E-state index contributed by atoms with van der Waals surface area (Å²) in [5, 5.41) is 7.59. The summed E-state index contributed by atoms with van der Waals surface area (Å²) in [7, 11) is 0. The van der Waals surface area contributed by atoms with Crippen molar-refractivity contribution in [3.63, 3.8) is 0 Å². The van der Waals surface area contributed by atoms with Crippen molar-refractivity contribution in [2.45, 2.75) is 52.4 Å². The Hall–Kier alpha value is -7.40. The fourth-order valence-electron chi connectivity index (χ4n) is 10.2. The van der Waals surface area contributed by atoms with E-state index in [4.69, 9.17) is 0 Å². The van der Waals surface area contributed by atoms with Gasteiger partial charge >= 0.3 is 0 Å². The summed E-state index contributed by atoms with van der Waals surface area (Å²) in [6.45, 7) is 13.7. The summed E-state index contributed by atoms with van der Waals surface area (Å²) in [5.41, 5.74) is 15.8. The Morgan fingerprint density at radius 2 is 0.879 bits per heavy atom. The van der Waals surface area contributed by atoms with Crippen LogP contribution in [0.3, 0.4) is 0 Å². The highest BCUT2D eigenvalue weighted by Gasteiger charge is 2.27. The average Bonchev–Trinajstić information content (AvgIpc) is 3.98. The number of fused-ring (bicyclic) bond motifs is 10. The van der Waals surface area contributed by atoms with E-state index in [2.05, 4.69) is 256 Å². The van der Waals surface area contributed by atoms with Crippen LogP contribution in [0.2, 0.25) is 0 Å². The molecule has 0 aliphatic rings. The zero-order chi connectivity index (χ0) is 44.9. The number of benzene rings is 9. The predicted molar refractivity (Wildman–Crippen MR) is 286 cm³/mol. The summed E-state index contributed by atoms with van der Waals surface area (Å²) in [6, 6.07) is 74.3. The third kappa shape index (κ3) is 6.46. The lowest BCUT2D eigenvalue weighted by Gasteiger charge is -2.28. The zero-order valence-corrected chi connectivity index (χ0v) is 39.1. The van der Waals surface area contributed by atoms with Crippen molar-refractivity contribution in [3.05, 3.63) is 211 Å². The van der Waals surface area contributed by atoms with E-state index in [1.807, 2.05) is 11.3 Å². The molecule has 12 rings (SSSR count). The molecule has 0 spiro atoms. The highest BCUT2D eigenvalue weighted by Crippen LogP contribution is 2.52. The normalized spacial score (nSPS) is 12.4. The number of hydrogen-bond donors (Lipinski definition) is 0. The van der Waals surface area contributed by atoms with Crippen LogP contribution in [0.25, 0.3) is 69.4 Å². The van der Waals surface area contributed by atoms with Crippen molar-refractivity contribution in [3.8, 4) is 11.1 Å². The zero-order valence-electron chi connectivity index (χ0n) is 38.3. The topological polar surface area (TPSA) is 10.9 Å². The smallest absolute Gasteiger partial charge is 0.0728 e. The molecule has 3 heterocycles. The van der Waals surface area contributed by atoms with Crippen molar-refractivity contribution in [2.75, 3.05) is 9.80 Å². The molecule has 0 amide bonds. The van der Waals surface area contributed by atoms with Crippen LogP contribution in [-0.4, -0.2) is 4.40 Å². The number of aromatic nitrogens is 1. The van der Waals surface area contributed by atoms with Gasteiger partial charge in [0.15, 0.2) is 0 Å². The molecule has 4 heteroatoms. The molecule has 320 valence electrons. The summed E-state index contributed by atoms with van der Waals surface area (Å²) >= 11 is 1.91. The lowest BCUT2D eigenvalue weighted by molar-refractivity contribution is 0.590. The number of nitrogens with zero attached hydrogens (tertiary/aromatic N) is 3. The van der Waals surface area contributed by atoms with Gasteiger partial charge in [0.25, 0.3) is 0 Å². The van der Waals surface area contributed by atoms with Crippen molar-refractivity contribution < 1.29 is 0 Å². The van der Waals surface area contributed by atoms with Gasteiger partial charge in [0, 0.05) is 60.1 Å². The first-order valence-electron chi connectivity index (χ1n) is 23.1. The van der Waals surface area contributed by atoms with E-state index in [1.54, 1.807) is 0 Å². The van der Waals surface area contributed by atoms with Gasteiger partial charge in [0.1, 0.15) is 0 Å². The van der Waals surface area contributed by atoms with Gasteiger partial charge in [-0.2, -0.15) is 0 Å². The summed E-state index contributed by atoms with van der Waals surface area (Å²) in [5.74, 6) is 0. The molecule has 9 aromatic carbocycles. The maximum Gasteiger partial charge on any atom is 0.0728 e. The lowest BCUT2D eigenvalue weighted by Crippen LogP contribution is -2.13. The molecular weight excluding hydrogens is 819 g/mol. The molecule has 0 atom stereocenters. The highest BCUT2D eigenvalue weighted by atomic mass is 32.1. The molecule has 0 saturated carbocycles. The van der Waals surface area contributed by atoms with Gasteiger partial charge in [0.2, 0.25) is 0 Å². The van der Waals surface area contributed by atoms with Crippen LogP contribution in [0.4, 0.5) is 34.1 Å². The number of thiophene rings is 1. The lowest BCUT2D eigenvalue weighted by atomic mass is 9.87. The molecule has 3 aromatic heterocycles. The van der Waals surface area contributed by atoms with E-state index in [0.717, 1.165) is 34.1 Å². The fourth-order valence-corrected chi connectivity index (χ4v) is 11.5. The van der Waals surface area contributed by atoms with Gasteiger partial charge in [-0.05, 0) is 123 Å². The molecule has 0 N–H and O–H groups in total. The van der Waals surface area contributed by atoms with Crippen LogP contribution >= 0.6 is 11.3 Å². The maximum atomic E-state index is 2.60. The molecule has 0 bridgehead atoms. The maximum absolute atomic E-state index is 2.60. The van der Waals surface area contributed by atoms with Crippen LogP contribution in [-0.2, 0) is 10.8 Å². The Morgan fingerprint density at radius 1 is 0.379 bits per heavy atom. The fraction of sp³-hybridized carbons (Fsp3) is 0.129. The Bertz CT molecular complexity index is 3740. The number of rotatable bonds is 7. The Labute approximate surface area is 390 Å². The van der Waals surface area contributed by atoms with Crippen molar-refractivity contribution in [2.24, 2.45) is 0 Å². The molecule has 0 aliphatic carbocycles. The van der Waals surface area contributed by atoms with Gasteiger partial charge in [-0.1, -0.05) is 157 Å². The van der Waals surface area contributed by atoms with Crippen LogP contribution in [0.1, 0.15) is 52.7 Å². The molecule has 0 fully saturated rings. The van der Waals surface area contributed by atoms with Gasteiger partial charge in [-0.15, -0.1) is 11.3 Å². The first-order valence-corrected chi connectivity index (χ1v) is 23.9. The third-order valence-electron chi connectivity index (χ3n) is 13.6. The second kappa shape index (κ2) is 15.1. The quantitative estimate of drug-likeness (QED) is 0.158. The van der Waals surface area contributed by atoms with Gasteiger partial charge in [-0.3, -0.25) is 0 Å². The van der Waals surface area contributed by atoms with Crippen LogP contribution < -0.4 is 9.80 Å². The molecule has 66 heavy (non-hydrogen) atoms. The molecule has 0 saturated heterocycles. The minimum absolute atomic E-state index is 0.0491. The number of anilines is 6. The van der Waals surface area contributed by atoms with E-state index >= 15 is 0 Å². The molecule has 3 nitrogen and oxygen atoms in total. The van der Waals surface area contributed by atoms with Crippen LogP contribution in [0.15, 0.2) is 200 Å². The van der Waals surface area contributed by atoms with Crippen LogP contribution in [0.5, 0.6) is 0 Å². The second-order valence-corrected chi connectivity index (χ2v) is 20.9. The molecule has 0 unspecified atom stereocenters. The average molecular weight is 870 g/mol. The Balaban J connectivity index is 1.15. The highest BCUT2D eigenvalue weighted by molar-refractivity contribution is 7.26. The van der Waals surface area contributed by atoms with Gasteiger partial charge < -0.3 is 14.2 Å². The van der Waals surface area contributed by atoms with E-state index < -0.39 is 0 Å². The number of hydrogen-bond acceptors (Lipinski definition) is 3. The van der Waals surface area contributed by atoms with E-state index in [0.29, 0.717) is 0 Å². The first kappa shape index (κ1) is 40.1. The molecule has 12 aromatic rings. The monoisotopic (exact) mass is 869 g/mol. The third-order valence-corrected chi connectivity index (χ3v) is 14.8. The minimum atomic E-state index is 0.0491. The summed E-state index contributed by atoms with van der Waals surface area (Å²) in [4.78, 5) is 4.85. The molecule has 0 aliphatic heterocycles. The number of para-hydroxylation sites is 2. The standard InChI is InChI=1S/C62H51N3S/c1-61(2,3)42-26-30-46(31-27-42)63(44-20-12-8-13-21-44)48-34-35-51-56(38-48)66-60-53-37-41(40-18-10-7-11-19-40)36-52-57-50-25-17-16-24-49(50)54(39-55(57)65(58(52)53)59(51)60)64(45-22-14-9-15-23-45)47-32-28-43(29-33-47)62(4,5)6/h7-39H,1-6H3. The van der Waals surface area contributed by atoms with E-state index in [1.165, 1.54) is 80.5 Å². The van der Waals surface area contributed by atoms with Gasteiger partial charge in [0.05, 0.1) is 26.9 Å². The van der Waals surface area contributed by atoms with E-state index in [-0.39, 0.29) is 10.8 Å². The first-order chi connectivity index (χ1) is 32.0. The van der Waals surface area contributed by atoms with E-state index in [9.17, 15) is 0 Å². The van der Waals surface area contributed by atoms with Crippen LogP contribution in [0, 0.1) is 0 Å². The predicted octanol–water partition coefficient (Wildman–Crippen LogP) is 18.4. The SMILES string of the molecule is CC(C)(C)c1ccc(N(c2ccccc2)c2ccc3c(c2)sc2c4cc(-c5ccccc5)cc5c6c7ccccc7c(N(c7ccccc7)c7ccc(C(C)(C)C)cc7)cc6n(c45)c32)cc1. The van der Waals surface area contributed by atoms with Gasteiger partial charge in [-0.25, -0.2) is 0 Å². The summed E-state index contributed by atoms with van der Waals surface area (Å²) < 4.78 is 5.18. The van der Waals surface area contributed by atoms with Crippen molar-refractivity contribution in [1.29, 1.82) is 0 Å². The Morgan fingerprint density at radius 3 is 1.48 bits per heavy atom. The largest absolute Gasteiger partial charge is 0.310 e. The second-order valence-electron chi connectivity index (χ2n) is 19.9. The van der Waals surface area contributed by atoms with Crippen molar-refractivity contribution in [1.82, 2.24) is 4.40 Å². The summed E-state index contributed by atoms with van der Waals surface area (Å²) in [6.07, 6.45) is 0. The van der Waals surface area contributed by atoms with Crippen molar-refractivity contribution >= 4 is 104 Å². The molecule has 0 radical (unpaired) electrons. The minimum Gasteiger partial charge on any atom is -0.310 e. The Kier molecular flexibility index (Phi) is 9.17.